The van der Waals surface area contributed by atoms with E-state index in [1.54, 1.807) is 0 Å². The van der Waals surface area contributed by atoms with E-state index in [4.69, 9.17) is 0 Å². The topological polar surface area (TPSA) is 29.9 Å². The Bertz CT molecular complexity index is 263. The molecular formula is C10H19N3. The molecule has 1 heterocycles. The van der Waals surface area contributed by atoms with Crippen molar-refractivity contribution in [1.82, 2.24) is 15.1 Å². The summed E-state index contributed by atoms with van der Waals surface area (Å²) in [5.41, 5.74) is 2.49. The van der Waals surface area contributed by atoms with Crippen LogP contribution in [0.2, 0.25) is 0 Å². The van der Waals surface area contributed by atoms with Crippen molar-refractivity contribution in [1.29, 1.82) is 0 Å². The van der Waals surface area contributed by atoms with Gasteiger partial charge in [-0.3, -0.25) is 4.68 Å². The van der Waals surface area contributed by atoms with Crippen molar-refractivity contribution in [3.8, 4) is 0 Å². The maximum Gasteiger partial charge on any atom is 0.0626 e. The van der Waals surface area contributed by atoms with Crippen LogP contribution in [-0.2, 0) is 13.5 Å². The third-order valence-electron chi connectivity index (χ3n) is 2.06. The zero-order valence-electron chi connectivity index (χ0n) is 8.96. The SMILES string of the molecule is Cc1nn(C)cc1CCNC(C)C. The van der Waals surface area contributed by atoms with Gasteiger partial charge in [-0.05, 0) is 25.5 Å². The van der Waals surface area contributed by atoms with E-state index in [0.717, 1.165) is 18.7 Å². The van der Waals surface area contributed by atoms with E-state index in [1.165, 1.54) is 5.56 Å². The Balaban J connectivity index is 2.40. The molecule has 13 heavy (non-hydrogen) atoms. The molecule has 0 fully saturated rings. The highest BCUT2D eigenvalue weighted by atomic mass is 15.2. The zero-order chi connectivity index (χ0) is 9.84. The molecule has 3 heteroatoms. The van der Waals surface area contributed by atoms with E-state index in [9.17, 15) is 0 Å². The molecule has 0 saturated carbocycles. The Hall–Kier alpha value is -0.830. The van der Waals surface area contributed by atoms with Crippen LogP contribution in [0.5, 0.6) is 0 Å². The molecule has 1 aromatic heterocycles. The zero-order valence-corrected chi connectivity index (χ0v) is 8.96. The standard InChI is InChI=1S/C10H19N3/c1-8(2)11-6-5-10-7-13(4)12-9(10)3/h7-8,11H,5-6H2,1-4H3. The summed E-state index contributed by atoms with van der Waals surface area (Å²) in [6, 6.07) is 0.567. The average Bonchev–Trinajstić information content (AvgIpc) is 2.29. The molecule has 1 N–H and O–H groups in total. The highest BCUT2D eigenvalue weighted by Crippen LogP contribution is 2.04. The molecule has 0 aliphatic rings. The van der Waals surface area contributed by atoms with Gasteiger partial charge in [0.25, 0.3) is 0 Å². The molecule has 0 bridgehead atoms. The molecule has 0 radical (unpaired) electrons. The highest BCUT2D eigenvalue weighted by Gasteiger charge is 2.02. The van der Waals surface area contributed by atoms with Crippen LogP contribution in [0.3, 0.4) is 0 Å². The average molecular weight is 181 g/mol. The number of aromatic nitrogens is 2. The number of aryl methyl sites for hydroxylation is 2. The number of nitrogens with zero attached hydrogens (tertiary/aromatic N) is 2. The Kier molecular flexibility index (Phi) is 3.48. The van der Waals surface area contributed by atoms with Gasteiger partial charge >= 0.3 is 0 Å². The van der Waals surface area contributed by atoms with Crippen LogP contribution < -0.4 is 5.32 Å². The maximum absolute atomic E-state index is 4.30. The second kappa shape index (κ2) is 4.42. The normalized spacial score (nSPS) is 11.2. The van der Waals surface area contributed by atoms with Crippen molar-refractivity contribution in [3.63, 3.8) is 0 Å². The summed E-state index contributed by atoms with van der Waals surface area (Å²) >= 11 is 0. The maximum atomic E-state index is 4.30. The first-order chi connectivity index (χ1) is 6.09. The molecule has 74 valence electrons. The third-order valence-corrected chi connectivity index (χ3v) is 2.06. The Labute approximate surface area is 80.1 Å². The van der Waals surface area contributed by atoms with Gasteiger partial charge in [-0.2, -0.15) is 5.10 Å². The van der Waals surface area contributed by atoms with E-state index in [1.807, 2.05) is 11.7 Å². The summed E-state index contributed by atoms with van der Waals surface area (Å²) in [6.45, 7) is 7.42. The van der Waals surface area contributed by atoms with Crippen LogP contribution in [0.15, 0.2) is 6.20 Å². The van der Waals surface area contributed by atoms with Crippen molar-refractivity contribution in [2.24, 2.45) is 7.05 Å². The first-order valence-electron chi connectivity index (χ1n) is 4.82. The van der Waals surface area contributed by atoms with E-state index in [-0.39, 0.29) is 0 Å². The Morgan fingerprint density at radius 1 is 1.54 bits per heavy atom. The smallest absolute Gasteiger partial charge is 0.0626 e. The lowest BCUT2D eigenvalue weighted by Gasteiger charge is -2.06. The summed E-state index contributed by atoms with van der Waals surface area (Å²) in [4.78, 5) is 0. The number of hydrogen-bond donors (Lipinski definition) is 1. The van der Waals surface area contributed by atoms with Crippen molar-refractivity contribution in [2.75, 3.05) is 6.54 Å². The quantitative estimate of drug-likeness (QED) is 0.758. The first kappa shape index (κ1) is 10.3. The van der Waals surface area contributed by atoms with Crippen molar-refractivity contribution in [3.05, 3.63) is 17.5 Å². The van der Waals surface area contributed by atoms with Crippen LogP contribution in [-0.4, -0.2) is 22.4 Å². The summed E-state index contributed by atoms with van der Waals surface area (Å²) in [7, 11) is 1.96. The molecule has 1 rings (SSSR count). The second-order valence-electron chi connectivity index (χ2n) is 3.77. The molecule has 0 aromatic carbocycles. The molecule has 0 unspecified atom stereocenters. The van der Waals surface area contributed by atoms with Gasteiger partial charge in [0.2, 0.25) is 0 Å². The van der Waals surface area contributed by atoms with E-state index < -0.39 is 0 Å². The van der Waals surface area contributed by atoms with E-state index >= 15 is 0 Å². The molecule has 1 aromatic rings. The summed E-state index contributed by atoms with van der Waals surface area (Å²) in [5.74, 6) is 0. The van der Waals surface area contributed by atoms with Gasteiger partial charge < -0.3 is 5.32 Å². The lowest BCUT2D eigenvalue weighted by atomic mass is 10.2. The third kappa shape index (κ3) is 3.19. The highest BCUT2D eigenvalue weighted by molar-refractivity contribution is 5.15. The van der Waals surface area contributed by atoms with Crippen LogP contribution in [0, 0.1) is 6.92 Å². The fourth-order valence-corrected chi connectivity index (χ4v) is 1.39. The van der Waals surface area contributed by atoms with E-state index in [0.29, 0.717) is 6.04 Å². The number of rotatable bonds is 4. The largest absolute Gasteiger partial charge is 0.314 e. The second-order valence-corrected chi connectivity index (χ2v) is 3.77. The monoisotopic (exact) mass is 181 g/mol. The molecular weight excluding hydrogens is 162 g/mol. The van der Waals surface area contributed by atoms with Crippen molar-refractivity contribution >= 4 is 0 Å². The van der Waals surface area contributed by atoms with Gasteiger partial charge in [-0.1, -0.05) is 13.8 Å². The van der Waals surface area contributed by atoms with Crippen LogP contribution in [0.1, 0.15) is 25.1 Å². The van der Waals surface area contributed by atoms with Gasteiger partial charge in [0.1, 0.15) is 0 Å². The predicted molar refractivity (Wildman–Crippen MR) is 54.8 cm³/mol. The molecule has 0 atom stereocenters. The lowest BCUT2D eigenvalue weighted by molar-refractivity contribution is 0.590. The van der Waals surface area contributed by atoms with Gasteiger partial charge in [-0.25, -0.2) is 0 Å². The summed E-state index contributed by atoms with van der Waals surface area (Å²) in [5, 5.41) is 7.69. The van der Waals surface area contributed by atoms with Crippen molar-refractivity contribution < 1.29 is 0 Å². The van der Waals surface area contributed by atoms with Crippen LogP contribution >= 0.6 is 0 Å². The molecule has 0 aliphatic carbocycles. The minimum atomic E-state index is 0.567. The lowest BCUT2D eigenvalue weighted by Crippen LogP contribution is -2.25. The minimum Gasteiger partial charge on any atom is -0.314 e. The van der Waals surface area contributed by atoms with Gasteiger partial charge in [0.15, 0.2) is 0 Å². The predicted octanol–water partition coefficient (Wildman–Crippen LogP) is 1.27. The summed E-state index contributed by atoms with van der Waals surface area (Å²) in [6.07, 6.45) is 3.16. The molecule has 0 aliphatic heterocycles. The van der Waals surface area contributed by atoms with Crippen molar-refractivity contribution in [2.45, 2.75) is 33.2 Å². The fraction of sp³-hybridized carbons (Fsp3) is 0.700. The molecule has 3 nitrogen and oxygen atoms in total. The first-order valence-corrected chi connectivity index (χ1v) is 4.82. The Morgan fingerprint density at radius 2 is 2.23 bits per heavy atom. The number of nitrogens with one attached hydrogen (secondary N) is 1. The summed E-state index contributed by atoms with van der Waals surface area (Å²) < 4.78 is 1.88. The van der Waals surface area contributed by atoms with E-state index in [2.05, 4.69) is 37.4 Å². The van der Waals surface area contributed by atoms with Gasteiger partial charge in [0, 0.05) is 19.3 Å². The van der Waals surface area contributed by atoms with Gasteiger partial charge in [0.05, 0.1) is 5.69 Å². The van der Waals surface area contributed by atoms with Gasteiger partial charge in [-0.15, -0.1) is 0 Å². The molecule has 0 amide bonds. The van der Waals surface area contributed by atoms with Crippen LogP contribution in [0.25, 0.3) is 0 Å². The number of hydrogen-bond acceptors (Lipinski definition) is 2. The fourth-order valence-electron chi connectivity index (χ4n) is 1.39. The molecule has 0 saturated heterocycles. The van der Waals surface area contributed by atoms with Crippen LogP contribution in [0.4, 0.5) is 0 Å². The Morgan fingerprint density at radius 3 is 2.69 bits per heavy atom. The minimum absolute atomic E-state index is 0.567. The molecule has 0 spiro atoms.